The molecule has 6 heteroatoms. The average molecular weight is 324 g/mol. The predicted molar refractivity (Wildman–Crippen MR) is 74.9 cm³/mol. The van der Waals surface area contributed by atoms with E-state index in [4.69, 9.17) is 5.73 Å². The number of aromatic nitrogens is 2. The maximum atomic E-state index is 13.2. The van der Waals surface area contributed by atoms with Gasteiger partial charge in [-0.15, -0.1) is 11.3 Å². The summed E-state index contributed by atoms with van der Waals surface area (Å²) < 4.78 is 14.1. The van der Waals surface area contributed by atoms with Crippen molar-refractivity contribution in [3.05, 3.63) is 39.9 Å². The number of benzene rings is 1. The van der Waals surface area contributed by atoms with Gasteiger partial charge in [0.2, 0.25) is 0 Å². The molecule has 0 bridgehead atoms. The Labute approximate surface area is 115 Å². The van der Waals surface area contributed by atoms with Crippen molar-refractivity contribution in [1.82, 2.24) is 9.97 Å². The maximum Gasteiger partial charge on any atom is 0.163 e. The third-order valence-electron chi connectivity index (χ3n) is 2.47. The smallest absolute Gasteiger partial charge is 0.163 e. The number of fused-ring (bicyclic) bond motifs is 1. The lowest BCUT2D eigenvalue weighted by Gasteiger charge is -2.02. The minimum absolute atomic E-state index is 0.317. The van der Waals surface area contributed by atoms with Gasteiger partial charge in [0.1, 0.15) is 16.5 Å². The number of anilines is 1. The molecule has 3 aromatic rings. The molecule has 0 saturated carbocycles. The molecule has 0 aliphatic rings. The number of nitrogens with zero attached hydrogens (tertiary/aromatic N) is 2. The lowest BCUT2D eigenvalue weighted by Crippen LogP contribution is -1.96. The van der Waals surface area contributed by atoms with E-state index >= 15 is 0 Å². The lowest BCUT2D eigenvalue weighted by atomic mass is 10.2. The van der Waals surface area contributed by atoms with Crippen LogP contribution in [-0.4, -0.2) is 9.97 Å². The fourth-order valence-corrected chi connectivity index (χ4v) is 3.13. The monoisotopic (exact) mass is 323 g/mol. The molecule has 1 aromatic carbocycles. The van der Waals surface area contributed by atoms with Crippen LogP contribution in [0.25, 0.3) is 21.6 Å². The third-order valence-corrected chi connectivity index (χ3v) is 4.01. The Morgan fingerprint density at radius 1 is 1.22 bits per heavy atom. The lowest BCUT2D eigenvalue weighted by molar-refractivity contribution is 0.628. The van der Waals surface area contributed by atoms with Crippen LogP contribution in [0, 0.1) is 5.82 Å². The molecule has 0 atom stereocenters. The summed E-state index contributed by atoms with van der Waals surface area (Å²) in [6.07, 6.45) is 0. The van der Waals surface area contributed by atoms with E-state index in [0.29, 0.717) is 17.2 Å². The number of nitrogen functional groups attached to an aromatic ring is 1. The molecular formula is C12H7BrFN3S. The molecule has 0 unspecified atom stereocenters. The van der Waals surface area contributed by atoms with Gasteiger partial charge in [-0.25, -0.2) is 14.4 Å². The molecule has 18 heavy (non-hydrogen) atoms. The molecule has 3 rings (SSSR count). The Kier molecular flexibility index (Phi) is 2.76. The van der Waals surface area contributed by atoms with E-state index in [1.54, 1.807) is 12.1 Å². The molecular weight excluding hydrogens is 317 g/mol. The van der Waals surface area contributed by atoms with Crippen LogP contribution in [-0.2, 0) is 0 Å². The van der Waals surface area contributed by atoms with Gasteiger partial charge in [0.25, 0.3) is 0 Å². The van der Waals surface area contributed by atoms with Crippen molar-refractivity contribution in [2.75, 3.05) is 5.73 Å². The topological polar surface area (TPSA) is 51.8 Å². The predicted octanol–water partition coefficient (Wildman–Crippen LogP) is 3.84. The Bertz CT molecular complexity index is 741. The van der Waals surface area contributed by atoms with Gasteiger partial charge in [-0.1, -0.05) is 12.1 Å². The number of thiophene rings is 1. The minimum atomic E-state index is -0.317. The molecule has 0 saturated heterocycles. The summed E-state index contributed by atoms with van der Waals surface area (Å²) in [4.78, 5) is 9.40. The SMILES string of the molecule is Nc1nc(-c2cccc(F)c2)nc2sc(Br)cc12. The van der Waals surface area contributed by atoms with Gasteiger partial charge in [-0.05, 0) is 34.1 Å². The zero-order chi connectivity index (χ0) is 12.7. The van der Waals surface area contributed by atoms with Crippen molar-refractivity contribution in [2.24, 2.45) is 0 Å². The van der Waals surface area contributed by atoms with Crippen LogP contribution in [0.1, 0.15) is 0 Å². The van der Waals surface area contributed by atoms with Gasteiger partial charge < -0.3 is 5.73 Å². The van der Waals surface area contributed by atoms with Gasteiger partial charge >= 0.3 is 0 Å². The first-order valence-corrected chi connectivity index (χ1v) is 6.73. The number of hydrogen-bond acceptors (Lipinski definition) is 4. The van der Waals surface area contributed by atoms with Crippen LogP contribution in [0.5, 0.6) is 0 Å². The van der Waals surface area contributed by atoms with Gasteiger partial charge in [-0.3, -0.25) is 0 Å². The minimum Gasteiger partial charge on any atom is -0.383 e. The Morgan fingerprint density at radius 2 is 2.06 bits per heavy atom. The molecule has 2 heterocycles. The highest BCUT2D eigenvalue weighted by atomic mass is 79.9. The molecule has 0 radical (unpaired) electrons. The molecule has 0 aliphatic carbocycles. The first-order chi connectivity index (χ1) is 8.63. The van der Waals surface area contributed by atoms with Crippen LogP contribution < -0.4 is 5.73 Å². The second-order valence-corrected chi connectivity index (χ2v) is 6.12. The van der Waals surface area contributed by atoms with Crippen LogP contribution >= 0.6 is 27.3 Å². The van der Waals surface area contributed by atoms with E-state index in [2.05, 4.69) is 25.9 Å². The van der Waals surface area contributed by atoms with Crippen LogP contribution in [0.3, 0.4) is 0 Å². The van der Waals surface area contributed by atoms with E-state index in [1.807, 2.05) is 6.07 Å². The standard InChI is InChI=1S/C12H7BrFN3S/c13-9-5-8-10(15)16-11(17-12(8)18-9)6-2-1-3-7(14)4-6/h1-5H,(H2,15,16,17). The van der Waals surface area contributed by atoms with Crippen molar-refractivity contribution in [3.63, 3.8) is 0 Å². The summed E-state index contributed by atoms with van der Waals surface area (Å²) >= 11 is 4.86. The highest BCUT2D eigenvalue weighted by Gasteiger charge is 2.10. The molecule has 0 aliphatic heterocycles. The van der Waals surface area contributed by atoms with Gasteiger partial charge in [0.05, 0.1) is 9.17 Å². The second kappa shape index (κ2) is 4.29. The quantitative estimate of drug-likeness (QED) is 0.740. The molecule has 0 amide bonds. The van der Waals surface area contributed by atoms with Crippen LogP contribution in [0.2, 0.25) is 0 Å². The largest absolute Gasteiger partial charge is 0.383 e. The average Bonchev–Trinajstić information content (AvgIpc) is 2.70. The van der Waals surface area contributed by atoms with E-state index in [-0.39, 0.29) is 5.82 Å². The summed E-state index contributed by atoms with van der Waals surface area (Å²) in [7, 11) is 0. The van der Waals surface area contributed by atoms with E-state index in [1.165, 1.54) is 23.5 Å². The van der Waals surface area contributed by atoms with Gasteiger partial charge in [-0.2, -0.15) is 0 Å². The van der Waals surface area contributed by atoms with E-state index in [9.17, 15) is 4.39 Å². The number of nitrogens with two attached hydrogens (primary N) is 1. The molecule has 2 aromatic heterocycles. The van der Waals surface area contributed by atoms with Crippen LogP contribution in [0.15, 0.2) is 34.1 Å². The van der Waals surface area contributed by atoms with Crippen molar-refractivity contribution < 1.29 is 4.39 Å². The first-order valence-electron chi connectivity index (χ1n) is 5.12. The fraction of sp³-hybridized carbons (Fsp3) is 0. The molecule has 0 spiro atoms. The summed E-state index contributed by atoms with van der Waals surface area (Å²) in [5, 5.41) is 0.812. The summed E-state index contributed by atoms with van der Waals surface area (Å²) in [5.41, 5.74) is 6.51. The summed E-state index contributed by atoms with van der Waals surface area (Å²) in [6.45, 7) is 0. The van der Waals surface area contributed by atoms with Crippen molar-refractivity contribution in [2.45, 2.75) is 0 Å². The van der Waals surface area contributed by atoms with Crippen molar-refractivity contribution in [3.8, 4) is 11.4 Å². The zero-order valence-electron chi connectivity index (χ0n) is 9.02. The van der Waals surface area contributed by atoms with Gasteiger partial charge in [0, 0.05) is 5.56 Å². The van der Waals surface area contributed by atoms with Crippen LogP contribution in [0.4, 0.5) is 10.2 Å². The van der Waals surface area contributed by atoms with E-state index < -0.39 is 0 Å². The molecule has 0 fully saturated rings. The summed E-state index contributed by atoms with van der Waals surface area (Å²) in [5.74, 6) is 0.525. The normalized spacial score (nSPS) is 11.0. The number of hydrogen-bond donors (Lipinski definition) is 1. The zero-order valence-corrected chi connectivity index (χ0v) is 11.4. The highest BCUT2D eigenvalue weighted by Crippen LogP contribution is 2.32. The van der Waals surface area contributed by atoms with Crippen molar-refractivity contribution >= 4 is 43.3 Å². The first kappa shape index (κ1) is 11.6. The van der Waals surface area contributed by atoms with Gasteiger partial charge in [0.15, 0.2) is 5.82 Å². The number of rotatable bonds is 1. The Hall–Kier alpha value is -1.53. The second-order valence-electron chi connectivity index (χ2n) is 3.71. The van der Waals surface area contributed by atoms with Crippen molar-refractivity contribution in [1.29, 1.82) is 0 Å². The highest BCUT2D eigenvalue weighted by molar-refractivity contribution is 9.11. The molecule has 2 N–H and O–H groups in total. The Balaban J connectivity index is 2.24. The fourth-order valence-electron chi connectivity index (χ4n) is 1.67. The molecule has 3 nitrogen and oxygen atoms in total. The van der Waals surface area contributed by atoms with E-state index in [0.717, 1.165) is 14.0 Å². The molecule has 90 valence electrons. The maximum absolute atomic E-state index is 13.2. The Morgan fingerprint density at radius 3 is 2.83 bits per heavy atom. The number of halogens is 2. The summed E-state index contributed by atoms with van der Waals surface area (Å²) in [6, 6.07) is 8.03. The third kappa shape index (κ3) is 1.97.